The number of benzene rings is 2. The van der Waals surface area contributed by atoms with Gasteiger partial charge in [-0.2, -0.15) is 0 Å². The fourth-order valence-corrected chi connectivity index (χ4v) is 3.67. The van der Waals surface area contributed by atoms with E-state index in [1.807, 2.05) is 66.4 Å². The van der Waals surface area contributed by atoms with Crippen LogP contribution in [0.1, 0.15) is 43.0 Å². The summed E-state index contributed by atoms with van der Waals surface area (Å²) in [5.41, 5.74) is 8.86. The Balaban J connectivity index is 0.00000280. The zero-order valence-corrected chi connectivity index (χ0v) is 17.2. The van der Waals surface area contributed by atoms with Crippen molar-refractivity contribution in [1.29, 1.82) is 0 Å². The second kappa shape index (κ2) is 10.4. The van der Waals surface area contributed by atoms with Crippen LogP contribution in [-0.2, 0) is 4.79 Å². The van der Waals surface area contributed by atoms with Crippen molar-refractivity contribution in [2.75, 3.05) is 13.1 Å². The van der Waals surface area contributed by atoms with Crippen LogP contribution in [0.15, 0.2) is 54.6 Å². The smallest absolute Gasteiger partial charge is 0.223 e. The summed E-state index contributed by atoms with van der Waals surface area (Å²) in [7, 11) is 0. The average molecular weight is 401 g/mol. The fourth-order valence-electron chi connectivity index (χ4n) is 3.67. The lowest BCUT2D eigenvalue weighted by molar-refractivity contribution is -0.133. The molecule has 28 heavy (non-hydrogen) atoms. The van der Waals surface area contributed by atoms with E-state index in [4.69, 9.17) is 5.73 Å². The molecule has 1 aliphatic rings. The van der Waals surface area contributed by atoms with E-state index < -0.39 is 0 Å². The maximum atomic E-state index is 12.5. The molecule has 1 aliphatic heterocycles. The van der Waals surface area contributed by atoms with Crippen LogP contribution in [0.5, 0.6) is 0 Å². The lowest BCUT2D eigenvalue weighted by Crippen LogP contribution is -2.45. The topological polar surface area (TPSA) is 63.4 Å². The molecule has 2 N–H and O–H groups in total. The van der Waals surface area contributed by atoms with Gasteiger partial charge in [0.05, 0.1) is 0 Å². The molecule has 2 atom stereocenters. The van der Waals surface area contributed by atoms with Gasteiger partial charge in [0.1, 0.15) is 0 Å². The number of Topliss-reactive ketones (excluding diaryl/α,β-unsaturated/α-hetero) is 1. The van der Waals surface area contributed by atoms with Gasteiger partial charge in [0.15, 0.2) is 5.78 Å². The number of ketones is 1. The normalized spacial score (nSPS) is 17.5. The molecular weight excluding hydrogens is 372 g/mol. The number of halogens is 1. The van der Waals surface area contributed by atoms with Gasteiger partial charge in [0.25, 0.3) is 0 Å². The summed E-state index contributed by atoms with van der Waals surface area (Å²) in [6.45, 7) is 3.50. The first-order valence-corrected chi connectivity index (χ1v) is 9.76. The van der Waals surface area contributed by atoms with Crippen molar-refractivity contribution in [3.8, 4) is 11.1 Å². The molecule has 0 aromatic heterocycles. The summed E-state index contributed by atoms with van der Waals surface area (Å²) in [5.74, 6) is 0.447. The first-order valence-electron chi connectivity index (χ1n) is 9.76. The number of nitrogens with zero attached hydrogens (tertiary/aromatic N) is 1. The molecule has 1 fully saturated rings. The summed E-state index contributed by atoms with van der Waals surface area (Å²) >= 11 is 0. The van der Waals surface area contributed by atoms with E-state index in [-0.39, 0.29) is 43.0 Å². The number of nitrogens with two attached hydrogens (primary N) is 1. The Morgan fingerprint density at radius 1 is 1.04 bits per heavy atom. The van der Waals surface area contributed by atoms with Gasteiger partial charge in [-0.25, -0.2) is 0 Å². The number of carbonyl (C=O) groups excluding carboxylic acids is 2. The minimum atomic E-state index is 0. The van der Waals surface area contributed by atoms with Crippen LogP contribution >= 0.6 is 12.4 Å². The molecule has 5 heteroatoms. The minimum absolute atomic E-state index is 0. The predicted molar refractivity (Wildman–Crippen MR) is 116 cm³/mol. The van der Waals surface area contributed by atoms with Gasteiger partial charge in [-0.1, -0.05) is 54.6 Å². The first kappa shape index (κ1) is 22.1. The zero-order chi connectivity index (χ0) is 19.2. The van der Waals surface area contributed by atoms with Gasteiger partial charge in [-0.05, 0) is 36.8 Å². The highest BCUT2D eigenvalue weighted by atomic mass is 35.5. The minimum Gasteiger partial charge on any atom is -0.342 e. The summed E-state index contributed by atoms with van der Waals surface area (Å²) in [4.78, 5) is 26.8. The monoisotopic (exact) mass is 400 g/mol. The van der Waals surface area contributed by atoms with E-state index in [1.165, 1.54) is 0 Å². The number of piperidine rings is 1. The summed E-state index contributed by atoms with van der Waals surface area (Å²) in [6.07, 6.45) is 2.59. The quantitative estimate of drug-likeness (QED) is 0.734. The van der Waals surface area contributed by atoms with Crippen LogP contribution in [0, 0.1) is 5.92 Å². The van der Waals surface area contributed by atoms with E-state index >= 15 is 0 Å². The first-order chi connectivity index (χ1) is 13.0. The second-order valence-corrected chi connectivity index (χ2v) is 7.47. The van der Waals surface area contributed by atoms with E-state index in [1.54, 1.807) is 0 Å². The molecule has 0 spiro atoms. The van der Waals surface area contributed by atoms with Crippen LogP contribution in [0.3, 0.4) is 0 Å². The maximum Gasteiger partial charge on any atom is 0.223 e. The Morgan fingerprint density at radius 3 is 2.32 bits per heavy atom. The summed E-state index contributed by atoms with van der Waals surface area (Å²) in [6, 6.07) is 17.8. The van der Waals surface area contributed by atoms with E-state index in [0.717, 1.165) is 37.1 Å². The lowest BCUT2D eigenvalue weighted by Gasteiger charge is -2.34. The molecule has 0 saturated carbocycles. The van der Waals surface area contributed by atoms with Crippen molar-refractivity contribution >= 4 is 24.1 Å². The Hall–Kier alpha value is -2.17. The van der Waals surface area contributed by atoms with E-state index in [0.29, 0.717) is 11.5 Å². The Labute approximate surface area is 173 Å². The van der Waals surface area contributed by atoms with Crippen LogP contribution in [0.2, 0.25) is 0 Å². The molecule has 150 valence electrons. The van der Waals surface area contributed by atoms with Crippen molar-refractivity contribution in [2.45, 2.75) is 38.6 Å². The number of hydrogen-bond acceptors (Lipinski definition) is 3. The van der Waals surface area contributed by atoms with Gasteiger partial charge >= 0.3 is 0 Å². The SMILES string of the molecule is CC(N)C1CCCN(C(=O)CCC(=O)c2ccc(-c3ccccc3)cc2)C1.Cl. The molecule has 0 bridgehead atoms. The molecule has 2 unspecified atom stereocenters. The number of rotatable bonds is 6. The number of carbonyl (C=O) groups is 2. The van der Waals surface area contributed by atoms with Crippen molar-refractivity contribution in [3.63, 3.8) is 0 Å². The lowest BCUT2D eigenvalue weighted by atomic mass is 9.92. The van der Waals surface area contributed by atoms with Gasteiger partial charge in [0, 0.05) is 37.5 Å². The van der Waals surface area contributed by atoms with Crippen LogP contribution in [-0.4, -0.2) is 35.7 Å². The Bertz CT molecular complexity index is 775. The van der Waals surface area contributed by atoms with Gasteiger partial charge in [-0.3, -0.25) is 9.59 Å². The molecule has 3 rings (SSSR count). The molecule has 4 nitrogen and oxygen atoms in total. The predicted octanol–water partition coefficient (Wildman–Crippen LogP) is 4.32. The van der Waals surface area contributed by atoms with Crippen LogP contribution in [0.4, 0.5) is 0 Å². The second-order valence-electron chi connectivity index (χ2n) is 7.47. The van der Waals surface area contributed by atoms with Gasteiger partial charge in [0.2, 0.25) is 5.91 Å². The number of amides is 1. The highest BCUT2D eigenvalue weighted by Crippen LogP contribution is 2.21. The molecular formula is C23H29ClN2O2. The highest BCUT2D eigenvalue weighted by Gasteiger charge is 2.25. The van der Waals surface area contributed by atoms with Crippen molar-refractivity contribution in [1.82, 2.24) is 4.90 Å². The Kier molecular flexibility index (Phi) is 8.21. The Morgan fingerprint density at radius 2 is 1.68 bits per heavy atom. The van der Waals surface area contributed by atoms with Crippen LogP contribution < -0.4 is 5.73 Å². The van der Waals surface area contributed by atoms with Crippen molar-refractivity contribution in [2.24, 2.45) is 11.7 Å². The maximum absolute atomic E-state index is 12.5. The molecule has 1 amide bonds. The van der Waals surface area contributed by atoms with Crippen molar-refractivity contribution < 1.29 is 9.59 Å². The van der Waals surface area contributed by atoms with Gasteiger partial charge in [-0.15, -0.1) is 12.4 Å². The molecule has 2 aromatic carbocycles. The number of likely N-dealkylation sites (tertiary alicyclic amines) is 1. The molecule has 0 aliphatic carbocycles. The average Bonchev–Trinajstić information content (AvgIpc) is 2.72. The fraction of sp³-hybridized carbons (Fsp3) is 0.391. The van der Waals surface area contributed by atoms with Gasteiger partial charge < -0.3 is 10.6 Å². The third kappa shape index (κ3) is 5.66. The molecule has 1 heterocycles. The highest BCUT2D eigenvalue weighted by molar-refractivity contribution is 5.98. The molecule has 0 radical (unpaired) electrons. The largest absolute Gasteiger partial charge is 0.342 e. The third-order valence-electron chi connectivity index (χ3n) is 5.43. The van der Waals surface area contributed by atoms with E-state index in [9.17, 15) is 9.59 Å². The third-order valence-corrected chi connectivity index (χ3v) is 5.43. The molecule has 1 saturated heterocycles. The van der Waals surface area contributed by atoms with E-state index in [2.05, 4.69) is 0 Å². The number of hydrogen-bond donors (Lipinski definition) is 1. The summed E-state index contributed by atoms with van der Waals surface area (Å²) in [5, 5.41) is 0. The zero-order valence-electron chi connectivity index (χ0n) is 16.3. The summed E-state index contributed by atoms with van der Waals surface area (Å²) < 4.78 is 0. The van der Waals surface area contributed by atoms with Crippen LogP contribution in [0.25, 0.3) is 11.1 Å². The van der Waals surface area contributed by atoms with Crippen molar-refractivity contribution in [3.05, 3.63) is 60.2 Å². The molecule has 2 aromatic rings. The standard InChI is InChI=1S/C23H28N2O2.ClH/c1-17(24)21-8-5-15-25(16-21)23(27)14-13-22(26)20-11-9-19(10-12-20)18-6-3-2-4-7-18;/h2-4,6-7,9-12,17,21H,5,8,13-16,24H2,1H3;1H.